The maximum absolute atomic E-state index is 12.7. The number of nitrogens with one attached hydrogen (secondary N) is 1. The number of fused-ring (bicyclic) bond motifs is 1. The SMILES string of the molecule is CCN(CC)S(=O)(=O)c1ccc(S(=O)(=O)NCC2CCCc3ccccc32)cc1. The molecule has 1 aliphatic carbocycles. The molecular formula is C21H28N2O4S2. The minimum atomic E-state index is -3.71. The second-order valence-electron chi connectivity index (χ2n) is 7.20. The standard InChI is InChI=1S/C21H28N2O4S2/c1-3-23(4-2)29(26,27)20-14-12-19(13-15-20)28(24,25)22-16-18-10-7-9-17-8-5-6-11-21(17)18/h5-6,8,11-15,18,22H,3-4,7,9-10,16H2,1-2H3. The molecule has 2 aromatic rings. The molecule has 0 fully saturated rings. The van der Waals surface area contributed by atoms with Gasteiger partial charge in [-0.25, -0.2) is 21.6 Å². The van der Waals surface area contributed by atoms with Crippen molar-refractivity contribution in [2.45, 2.75) is 48.8 Å². The summed E-state index contributed by atoms with van der Waals surface area (Å²) in [5, 5.41) is 0. The summed E-state index contributed by atoms with van der Waals surface area (Å²) >= 11 is 0. The zero-order chi connectivity index (χ0) is 21.1. The normalized spacial score (nSPS) is 17.3. The van der Waals surface area contributed by atoms with Gasteiger partial charge in [-0.2, -0.15) is 4.31 Å². The van der Waals surface area contributed by atoms with Crippen molar-refractivity contribution in [3.05, 3.63) is 59.7 Å². The number of hydrogen-bond donors (Lipinski definition) is 1. The summed E-state index contributed by atoms with van der Waals surface area (Å²) in [5.41, 5.74) is 2.50. The summed E-state index contributed by atoms with van der Waals surface area (Å²) in [7, 11) is -7.32. The van der Waals surface area contributed by atoms with Gasteiger partial charge < -0.3 is 0 Å². The summed E-state index contributed by atoms with van der Waals surface area (Å²) in [5.74, 6) is 0.150. The lowest BCUT2D eigenvalue weighted by Gasteiger charge is -2.25. The number of rotatable bonds is 8. The van der Waals surface area contributed by atoms with Crippen LogP contribution in [0.1, 0.15) is 43.7 Å². The smallest absolute Gasteiger partial charge is 0.211 e. The summed E-state index contributed by atoms with van der Waals surface area (Å²) < 4.78 is 54.6. The van der Waals surface area contributed by atoms with Crippen LogP contribution in [-0.4, -0.2) is 40.8 Å². The van der Waals surface area contributed by atoms with Crippen LogP contribution >= 0.6 is 0 Å². The van der Waals surface area contributed by atoms with Gasteiger partial charge >= 0.3 is 0 Å². The lowest BCUT2D eigenvalue weighted by molar-refractivity contribution is 0.445. The first-order valence-corrected chi connectivity index (χ1v) is 12.9. The highest BCUT2D eigenvalue weighted by Crippen LogP contribution is 2.31. The third kappa shape index (κ3) is 4.71. The van der Waals surface area contributed by atoms with Gasteiger partial charge in [0.1, 0.15) is 0 Å². The Kier molecular flexibility index (Phi) is 6.78. The molecule has 29 heavy (non-hydrogen) atoms. The Labute approximate surface area is 174 Å². The van der Waals surface area contributed by atoms with Gasteiger partial charge in [-0.05, 0) is 60.6 Å². The van der Waals surface area contributed by atoms with Gasteiger partial charge in [0.15, 0.2) is 0 Å². The zero-order valence-corrected chi connectivity index (χ0v) is 18.5. The number of nitrogens with zero attached hydrogens (tertiary/aromatic N) is 1. The van der Waals surface area contributed by atoms with Crippen LogP contribution in [-0.2, 0) is 26.5 Å². The lowest BCUT2D eigenvalue weighted by atomic mass is 9.83. The molecule has 0 saturated heterocycles. The average molecular weight is 437 g/mol. The summed E-state index contributed by atoms with van der Waals surface area (Å²) in [6.45, 7) is 4.60. The monoisotopic (exact) mass is 436 g/mol. The lowest BCUT2D eigenvalue weighted by Crippen LogP contribution is -2.31. The van der Waals surface area contributed by atoms with Crippen molar-refractivity contribution >= 4 is 20.0 Å². The van der Waals surface area contributed by atoms with Gasteiger partial charge in [-0.15, -0.1) is 0 Å². The molecule has 8 heteroatoms. The van der Waals surface area contributed by atoms with E-state index in [0.29, 0.717) is 19.6 Å². The van der Waals surface area contributed by atoms with Crippen molar-refractivity contribution in [1.29, 1.82) is 0 Å². The van der Waals surface area contributed by atoms with Crippen LogP contribution in [0.3, 0.4) is 0 Å². The molecule has 0 spiro atoms. The summed E-state index contributed by atoms with van der Waals surface area (Å²) in [6.07, 6.45) is 3.02. The van der Waals surface area contributed by atoms with Crippen molar-refractivity contribution in [2.24, 2.45) is 0 Å². The Balaban J connectivity index is 1.74. The van der Waals surface area contributed by atoms with Crippen LogP contribution in [0.4, 0.5) is 0 Å². The third-order valence-corrected chi connectivity index (χ3v) is 8.99. The van der Waals surface area contributed by atoms with E-state index in [-0.39, 0.29) is 15.7 Å². The van der Waals surface area contributed by atoms with Crippen LogP contribution < -0.4 is 4.72 Å². The number of benzene rings is 2. The molecule has 0 aliphatic heterocycles. The minimum Gasteiger partial charge on any atom is -0.211 e. The molecule has 0 saturated carbocycles. The fourth-order valence-corrected chi connectivity index (χ4v) is 6.40. The van der Waals surface area contributed by atoms with Crippen molar-refractivity contribution in [1.82, 2.24) is 9.03 Å². The molecule has 158 valence electrons. The molecule has 0 heterocycles. The minimum absolute atomic E-state index is 0.0695. The Morgan fingerprint density at radius 1 is 0.931 bits per heavy atom. The summed E-state index contributed by atoms with van der Waals surface area (Å²) in [6, 6.07) is 13.6. The van der Waals surface area contributed by atoms with Crippen LogP contribution in [0.5, 0.6) is 0 Å². The maximum Gasteiger partial charge on any atom is 0.243 e. The van der Waals surface area contributed by atoms with Crippen molar-refractivity contribution < 1.29 is 16.8 Å². The van der Waals surface area contributed by atoms with E-state index in [0.717, 1.165) is 19.3 Å². The Morgan fingerprint density at radius 2 is 1.55 bits per heavy atom. The molecule has 6 nitrogen and oxygen atoms in total. The maximum atomic E-state index is 12.7. The van der Waals surface area contributed by atoms with E-state index in [2.05, 4.69) is 16.9 Å². The van der Waals surface area contributed by atoms with E-state index < -0.39 is 20.0 Å². The Morgan fingerprint density at radius 3 is 2.21 bits per heavy atom. The fraction of sp³-hybridized carbons (Fsp3) is 0.429. The van der Waals surface area contributed by atoms with E-state index in [1.165, 1.54) is 39.7 Å². The van der Waals surface area contributed by atoms with Crippen LogP contribution in [0.2, 0.25) is 0 Å². The first-order valence-electron chi connectivity index (χ1n) is 9.97. The molecule has 0 radical (unpaired) electrons. The molecule has 1 N–H and O–H groups in total. The van der Waals surface area contributed by atoms with Crippen LogP contribution in [0, 0.1) is 0 Å². The Bertz CT molecular complexity index is 1040. The van der Waals surface area contributed by atoms with Gasteiger partial charge in [-0.1, -0.05) is 38.1 Å². The van der Waals surface area contributed by atoms with Crippen molar-refractivity contribution in [2.75, 3.05) is 19.6 Å². The van der Waals surface area contributed by atoms with E-state index in [9.17, 15) is 16.8 Å². The topological polar surface area (TPSA) is 83.6 Å². The summed E-state index contributed by atoms with van der Waals surface area (Å²) in [4.78, 5) is 0.168. The van der Waals surface area contributed by atoms with E-state index >= 15 is 0 Å². The first-order chi connectivity index (χ1) is 13.8. The van der Waals surface area contributed by atoms with E-state index in [1.54, 1.807) is 13.8 Å². The van der Waals surface area contributed by atoms with Crippen LogP contribution in [0.15, 0.2) is 58.3 Å². The Hall–Kier alpha value is -1.74. The average Bonchev–Trinajstić information content (AvgIpc) is 2.73. The van der Waals surface area contributed by atoms with Gasteiger partial charge in [0.05, 0.1) is 9.79 Å². The quantitative estimate of drug-likeness (QED) is 0.689. The number of sulfonamides is 2. The van der Waals surface area contributed by atoms with Gasteiger partial charge in [-0.3, -0.25) is 0 Å². The largest absolute Gasteiger partial charge is 0.243 e. The predicted molar refractivity (Wildman–Crippen MR) is 114 cm³/mol. The number of aryl methyl sites for hydroxylation is 1. The molecule has 2 aromatic carbocycles. The molecule has 1 atom stereocenters. The highest BCUT2D eigenvalue weighted by atomic mass is 32.2. The fourth-order valence-electron chi connectivity index (χ4n) is 3.86. The molecule has 0 bridgehead atoms. The molecular weight excluding hydrogens is 408 g/mol. The van der Waals surface area contributed by atoms with Crippen LogP contribution in [0.25, 0.3) is 0 Å². The van der Waals surface area contributed by atoms with Gasteiger partial charge in [0.25, 0.3) is 0 Å². The molecule has 3 rings (SSSR count). The highest BCUT2D eigenvalue weighted by Gasteiger charge is 2.24. The predicted octanol–water partition coefficient (Wildman–Crippen LogP) is 3.12. The van der Waals surface area contributed by atoms with Gasteiger partial charge in [0.2, 0.25) is 20.0 Å². The molecule has 1 unspecified atom stereocenters. The molecule has 1 aliphatic rings. The van der Waals surface area contributed by atoms with Gasteiger partial charge in [0, 0.05) is 19.6 Å². The van der Waals surface area contributed by atoms with E-state index in [1.807, 2.05) is 12.1 Å². The van der Waals surface area contributed by atoms with Crippen molar-refractivity contribution in [3.8, 4) is 0 Å². The second-order valence-corrected chi connectivity index (χ2v) is 10.9. The van der Waals surface area contributed by atoms with E-state index in [4.69, 9.17) is 0 Å². The molecule has 0 aromatic heterocycles. The third-order valence-electron chi connectivity index (χ3n) is 5.49. The first kappa shape index (κ1) is 22.0. The second kappa shape index (κ2) is 8.95. The number of hydrogen-bond acceptors (Lipinski definition) is 4. The molecule has 0 amide bonds. The van der Waals surface area contributed by atoms with Crippen molar-refractivity contribution in [3.63, 3.8) is 0 Å². The zero-order valence-electron chi connectivity index (χ0n) is 16.8. The highest BCUT2D eigenvalue weighted by molar-refractivity contribution is 7.89.